The van der Waals surface area contributed by atoms with E-state index in [1.165, 1.54) is 110 Å². The molecular weight excluding hydrogens is 2070 g/mol. The third kappa shape index (κ3) is 70.2. The second kappa shape index (κ2) is 89.9. The van der Waals surface area contributed by atoms with Crippen molar-refractivity contribution in [3.8, 4) is 0 Å². The standard InChI is InChI=1S/2C12H8N2O4S2.C6H4ClNO4S.C6H7NS.6C2H6.6CH3.I3.6Y/c2*15-13(16)9-3-1-5-11(7-9)19-20-12-6-2-4-10(8-12)14(17)18;7-13(11,12)6-3-1-2-5(4-6)8(9)10;7-5-2-1-3-6(8)4-5;6*1-2;;;;;;;1-3-2;;;;;;/h2*1-8H;1-4H;1-4,8H,7H2;6*1-2H3;6*1H3;;;;;;;/q;;;;;;;;;;7*-1;;;;;;. The van der Waals surface area contributed by atoms with Crippen LogP contribution in [0.3, 0.4) is 0 Å². The summed E-state index contributed by atoms with van der Waals surface area (Å²) in [6, 6.07) is 36.9. The zero-order chi connectivity index (χ0) is 59.8. The molecule has 0 atom stereocenters. The molecule has 0 fully saturated rings. The minimum absolute atomic E-state index is 0. The number of hydrogen-bond acceptors (Lipinski definition) is 18. The van der Waals surface area contributed by atoms with E-state index in [1.807, 2.05) is 107 Å². The Bertz CT molecular complexity index is 2480. The minimum Gasteiger partial charge on any atom is -0.399 e. The van der Waals surface area contributed by atoms with Gasteiger partial charge in [-0.3, -0.25) is 50.6 Å². The zero-order valence-corrected chi connectivity index (χ0v) is 82.3. The predicted molar refractivity (Wildman–Crippen MR) is 375 cm³/mol. The molecule has 18 nitrogen and oxygen atoms in total. The first-order valence-electron chi connectivity index (χ1n) is 22.5. The molecule has 0 aliphatic carbocycles. The number of non-ortho nitro benzene ring substituents is 5. The van der Waals surface area contributed by atoms with Gasteiger partial charge < -0.3 is 50.3 Å². The van der Waals surface area contributed by atoms with E-state index in [1.54, 1.807) is 48.5 Å². The molecule has 6 rings (SSSR count). The number of nitrogens with zero attached hydrogens (tertiary/aromatic N) is 5. The summed E-state index contributed by atoms with van der Waals surface area (Å²) in [5.74, 6) is 0. The summed E-state index contributed by atoms with van der Waals surface area (Å²) >= 11 is 9.37. The van der Waals surface area contributed by atoms with Crippen molar-refractivity contribution in [1.82, 2.24) is 0 Å². The van der Waals surface area contributed by atoms with E-state index < -0.39 is 33.7 Å². The van der Waals surface area contributed by atoms with Crippen molar-refractivity contribution in [3.63, 3.8) is 0 Å². The van der Waals surface area contributed by atoms with Crippen molar-refractivity contribution in [1.29, 1.82) is 0 Å². The Kier molecular flexibility index (Phi) is 137. The Balaban J connectivity index is -0.0000000466. The summed E-state index contributed by atoms with van der Waals surface area (Å²) in [4.78, 5) is 53.9. The maximum atomic E-state index is 10.8. The van der Waals surface area contributed by atoms with Crippen LogP contribution in [0.4, 0.5) is 34.1 Å². The van der Waals surface area contributed by atoms with Gasteiger partial charge in [0.25, 0.3) is 37.5 Å². The van der Waals surface area contributed by atoms with Gasteiger partial charge in [0.05, 0.1) is 29.5 Å². The number of thiol groups is 1. The van der Waals surface area contributed by atoms with E-state index in [-0.39, 0.29) is 274 Å². The van der Waals surface area contributed by atoms with E-state index in [0.29, 0.717) is 13.3 Å². The normalized spacial score (nSPS) is 7.77. The first-order chi connectivity index (χ1) is 36.2. The second-order valence-electron chi connectivity index (χ2n) is 11.2. The number of nitro groups is 5. The molecule has 0 amide bonds. The number of nitro benzene ring substituents is 5. The first kappa shape index (κ1) is 135. The number of rotatable bonds is 12. The number of benzene rings is 6. The van der Waals surface area contributed by atoms with Gasteiger partial charge in [0.15, 0.2) is 0 Å². The quantitative estimate of drug-likeness (QED) is 0.0168. The van der Waals surface area contributed by atoms with Crippen LogP contribution in [-0.2, 0) is 205 Å². The smallest absolute Gasteiger partial charge is 0.270 e. The van der Waals surface area contributed by atoms with Crippen LogP contribution < -0.4 is 19.0 Å². The number of nitrogens with two attached hydrogens (primary N) is 1. The van der Waals surface area contributed by atoms with Gasteiger partial charge in [-0.05, 0) is 48.5 Å². The molecule has 488 valence electrons. The van der Waals surface area contributed by atoms with Crippen molar-refractivity contribution in [2.45, 2.75) is 112 Å². The molecule has 88 heavy (non-hydrogen) atoms. The molecule has 34 heteroatoms. The average molecular weight is 2150 g/mol. The third-order valence-electron chi connectivity index (χ3n) is 6.76. The fraction of sp³-hybridized carbons (Fsp3) is 0.222. The average Bonchev–Trinajstić information content (AvgIpc) is 3.44. The minimum atomic E-state index is -3.89. The van der Waals surface area contributed by atoms with E-state index in [2.05, 4.69) is 49.9 Å². The molecule has 0 aromatic heterocycles. The maximum Gasteiger partial charge on any atom is 0.270 e. The van der Waals surface area contributed by atoms with Crippen LogP contribution in [0.1, 0.15) is 83.1 Å². The van der Waals surface area contributed by atoms with Crippen LogP contribution in [0, 0.1) is 95.1 Å². The van der Waals surface area contributed by atoms with Crippen LogP contribution in [0.15, 0.2) is 175 Å². The van der Waals surface area contributed by atoms with Gasteiger partial charge in [-0.25, -0.2) is 8.42 Å². The van der Waals surface area contributed by atoms with E-state index in [9.17, 15) is 59.0 Å². The van der Waals surface area contributed by atoms with Gasteiger partial charge in [-0.1, -0.05) is 163 Å². The molecule has 6 aromatic rings. The van der Waals surface area contributed by atoms with Gasteiger partial charge in [-0.15, -0.1) is 12.6 Å². The summed E-state index contributed by atoms with van der Waals surface area (Å²) in [5.41, 5.74) is 5.96. The van der Waals surface area contributed by atoms with Gasteiger partial charge >= 0.3 is 50.5 Å². The second-order valence-corrected chi connectivity index (χ2v) is 35.1. The van der Waals surface area contributed by atoms with Crippen LogP contribution in [0.5, 0.6) is 0 Å². The van der Waals surface area contributed by atoms with Crippen molar-refractivity contribution in [3.05, 3.63) is 241 Å². The summed E-state index contributed by atoms with van der Waals surface area (Å²) in [5, 5.41) is 52.9. The van der Waals surface area contributed by atoms with E-state index in [0.717, 1.165) is 36.2 Å². The topological polar surface area (TPSA) is 276 Å². The summed E-state index contributed by atoms with van der Waals surface area (Å²) in [6.45, 7) is 24.0. The van der Waals surface area contributed by atoms with Crippen LogP contribution in [0.25, 0.3) is 0 Å². The fourth-order valence-electron chi connectivity index (χ4n) is 4.06. The van der Waals surface area contributed by atoms with Crippen molar-refractivity contribution in [2.75, 3.05) is 5.73 Å². The molecule has 0 heterocycles. The fourth-order valence-corrected chi connectivity index (χ4v) is 9.08. The Morgan fingerprint density at radius 2 is 0.591 bits per heavy atom. The molecule has 6 aromatic carbocycles. The largest absolute Gasteiger partial charge is 0.399 e. The molecule has 0 unspecified atom stereocenters. The number of anilines is 1. The molecular formula is C54H81ClI3N6O12S6Y6-7. The Morgan fingerprint density at radius 1 is 0.398 bits per heavy atom. The molecule has 0 aliphatic rings. The molecule has 0 saturated heterocycles. The van der Waals surface area contributed by atoms with Gasteiger partial charge in [-0.2, -0.15) is 0 Å². The Morgan fingerprint density at radius 3 is 0.761 bits per heavy atom. The summed E-state index contributed by atoms with van der Waals surface area (Å²) in [7, 11) is 6.35. The Hall–Kier alpha value is 2.92. The number of nitrogen functional groups attached to an aromatic ring is 1. The predicted octanol–water partition coefficient (Wildman–Crippen LogP) is 19.3. The summed E-state index contributed by atoms with van der Waals surface area (Å²) in [6.07, 6.45) is 0. The molecule has 0 aliphatic heterocycles. The van der Waals surface area contributed by atoms with Gasteiger partial charge in [0, 0.05) is 298 Å². The monoisotopic (exact) mass is 2150 g/mol. The van der Waals surface area contributed by atoms with Crippen LogP contribution >= 0.6 is 104 Å². The SMILES string of the molecule is CC.CC.CC.CC.CC.CC.I[I-]I.Nc1cccc(S)c1.O=[N+]([O-])c1cccc(S(=O)(=O)Cl)c1.O=[N+]([O-])c1cccc(SSc2cccc([N+](=O)[O-])c2)c1.O=[N+]([O-])c1cccc(SSc2cccc([N+](=O)[O-])c2)c1.[CH3-].[CH3-].[CH3-].[CH3-].[CH3-].[CH3-].[Y].[Y].[Y].[Y].[Y].[Y]. The summed E-state index contributed by atoms with van der Waals surface area (Å²) < 4.78 is 21.5. The van der Waals surface area contributed by atoms with Gasteiger partial charge in [0.2, 0.25) is 0 Å². The van der Waals surface area contributed by atoms with E-state index in [4.69, 9.17) is 16.4 Å². The maximum absolute atomic E-state index is 10.8. The Labute approximate surface area is 734 Å². The zero-order valence-electron chi connectivity index (χ0n) is 53.0. The molecule has 0 spiro atoms. The van der Waals surface area contributed by atoms with Crippen molar-refractivity contribution in [2.24, 2.45) is 0 Å². The van der Waals surface area contributed by atoms with Crippen molar-refractivity contribution >= 4 is 147 Å². The van der Waals surface area contributed by atoms with Crippen LogP contribution in [-0.4, -0.2) is 33.0 Å². The molecule has 0 bridgehead atoms. The first-order valence-corrected chi connectivity index (χ1v) is 42.1. The molecule has 2 N–H and O–H groups in total. The molecule has 0 saturated carbocycles. The third-order valence-corrected chi connectivity index (χ3v) is 13.2. The van der Waals surface area contributed by atoms with E-state index >= 15 is 0 Å². The number of hydrogen-bond donors (Lipinski definition) is 2. The van der Waals surface area contributed by atoms with Crippen molar-refractivity contribution < 1.29 is 243 Å². The van der Waals surface area contributed by atoms with Crippen LogP contribution in [0.2, 0.25) is 0 Å². The van der Waals surface area contributed by atoms with Gasteiger partial charge in [0.1, 0.15) is 0 Å². The molecule has 6 radical (unpaired) electrons. The number of halogens is 4.